The Balaban J connectivity index is 0.844. The summed E-state index contributed by atoms with van der Waals surface area (Å²) in [5.74, 6) is -0.121. The van der Waals surface area contributed by atoms with Crippen LogP contribution in [0.3, 0.4) is 0 Å². The van der Waals surface area contributed by atoms with Crippen LogP contribution < -0.4 is 21.5 Å². The number of para-hydroxylation sites is 1. The lowest BCUT2D eigenvalue weighted by molar-refractivity contribution is -0.130. The van der Waals surface area contributed by atoms with E-state index in [2.05, 4.69) is 25.8 Å². The molecule has 1 aliphatic heterocycles. The monoisotopic (exact) mass is 802 g/mol. The predicted molar refractivity (Wildman–Crippen MR) is 229 cm³/mol. The van der Waals surface area contributed by atoms with Gasteiger partial charge in [-0.2, -0.15) is 0 Å². The Bertz CT molecular complexity index is 2260. The van der Waals surface area contributed by atoms with Crippen molar-refractivity contribution in [1.29, 1.82) is 0 Å². The second-order valence-corrected chi connectivity index (χ2v) is 15.1. The number of likely N-dealkylation sites (tertiary alicyclic amines) is 1. The molecule has 59 heavy (non-hydrogen) atoms. The Labute approximate surface area is 344 Å². The highest BCUT2D eigenvalue weighted by Crippen LogP contribution is 2.30. The average Bonchev–Trinajstić information content (AvgIpc) is 3.24. The largest absolute Gasteiger partial charge is 0.506 e. The van der Waals surface area contributed by atoms with E-state index in [1.165, 1.54) is 12.1 Å². The SMILES string of the molecule is C[C@H](NC[C@H](O)c1ccc(O)c2[nH]c(=O)ccc12)c1cccc(CC(=O)NCCCN(C)C(=O)CCN2CCC(OC(=O)Nc3ccccc3-c3ccccc3)CC2)c1. The highest BCUT2D eigenvalue weighted by atomic mass is 16.6. The molecule has 310 valence electrons. The average molecular weight is 803 g/mol. The Morgan fingerprint density at radius 2 is 1.71 bits per heavy atom. The van der Waals surface area contributed by atoms with Crippen LogP contribution in [0.4, 0.5) is 10.5 Å². The first-order chi connectivity index (χ1) is 28.5. The van der Waals surface area contributed by atoms with E-state index in [0.717, 1.165) is 35.3 Å². The molecule has 3 amide bonds. The molecule has 1 saturated heterocycles. The minimum atomic E-state index is -0.892. The Morgan fingerprint density at radius 3 is 2.51 bits per heavy atom. The molecule has 0 bridgehead atoms. The molecule has 13 nitrogen and oxygen atoms in total. The summed E-state index contributed by atoms with van der Waals surface area (Å²) in [5, 5.41) is 30.9. The highest BCUT2D eigenvalue weighted by Gasteiger charge is 2.24. The van der Waals surface area contributed by atoms with Crippen molar-refractivity contribution in [3.05, 3.63) is 130 Å². The Morgan fingerprint density at radius 1 is 0.949 bits per heavy atom. The Kier molecular flexibility index (Phi) is 14.9. The third-order valence-electron chi connectivity index (χ3n) is 10.8. The second kappa shape index (κ2) is 20.6. The number of fused-ring (bicyclic) bond motifs is 1. The normalized spacial score (nSPS) is 14.4. The molecule has 4 aromatic carbocycles. The van der Waals surface area contributed by atoms with Crippen LogP contribution in [0.2, 0.25) is 0 Å². The van der Waals surface area contributed by atoms with Gasteiger partial charge in [0, 0.05) is 75.8 Å². The molecular formula is C46H54N6O7. The fourth-order valence-electron chi connectivity index (χ4n) is 7.40. The number of phenolic OH excluding ortho intramolecular Hbond substituents is 1. The third-order valence-corrected chi connectivity index (χ3v) is 10.8. The van der Waals surface area contributed by atoms with E-state index in [9.17, 15) is 29.4 Å². The lowest BCUT2D eigenvalue weighted by Gasteiger charge is -2.31. The van der Waals surface area contributed by atoms with Gasteiger partial charge in [0.05, 0.1) is 23.7 Å². The number of anilines is 1. The molecule has 0 radical (unpaired) electrons. The summed E-state index contributed by atoms with van der Waals surface area (Å²) in [5.41, 5.74) is 4.99. The number of aliphatic hydroxyl groups excluding tert-OH is 1. The van der Waals surface area contributed by atoms with Gasteiger partial charge >= 0.3 is 6.09 Å². The number of nitrogens with one attached hydrogen (secondary N) is 4. The predicted octanol–water partition coefficient (Wildman–Crippen LogP) is 5.90. The molecular weight excluding hydrogens is 749 g/mol. The van der Waals surface area contributed by atoms with Gasteiger partial charge in [-0.05, 0) is 66.6 Å². The number of pyridine rings is 1. The van der Waals surface area contributed by atoms with Gasteiger partial charge in [-0.3, -0.25) is 19.7 Å². The molecule has 6 rings (SSSR count). The first-order valence-electron chi connectivity index (χ1n) is 20.2. The van der Waals surface area contributed by atoms with E-state index in [1.807, 2.05) is 85.8 Å². The number of nitrogens with zero attached hydrogens (tertiary/aromatic N) is 2. The standard InChI is InChI=1S/C46H54N6O7/c1-31(48-30-41(54)37-16-18-40(53)45-38(37)17-19-42(55)50-45)34-13-8-10-32(28-34)29-43(56)47-23-9-24-51(2)44(57)22-27-52-25-20-35(21-26-52)59-46(58)49-39-15-7-6-14-36(39)33-11-4-3-5-12-33/h3-8,10-19,28,31,35,41,48,53-54H,9,20-27,29-30H2,1-2H3,(H,47,56)(H,49,58)(H,50,55)/t31-,41-/m0/s1. The topological polar surface area (TPSA) is 176 Å². The summed E-state index contributed by atoms with van der Waals surface area (Å²) in [6.45, 7) is 5.30. The number of phenols is 1. The van der Waals surface area contributed by atoms with Crippen molar-refractivity contribution in [1.82, 2.24) is 25.4 Å². The van der Waals surface area contributed by atoms with Crippen LogP contribution in [0, 0.1) is 0 Å². The molecule has 0 saturated carbocycles. The van der Waals surface area contributed by atoms with Gasteiger partial charge in [-0.1, -0.05) is 78.9 Å². The van der Waals surface area contributed by atoms with Crippen molar-refractivity contribution in [3.63, 3.8) is 0 Å². The summed E-state index contributed by atoms with van der Waals surface area (Å²) in [6, 6.07) is 31.2. The zero-order chi connectivity index (χ0) is 41.7. The zero-order valence-electron chi connectivity index (χ0n) is 33.7. The number of aliphatic hydroxyl groups is 1. The third kappa shape index (κ3) is 12.0. The first kappa shape index (κ1) is 42.6. The molecule has 6 N–H and O–H groups in total. The first-order valence-corrected chi connectivity index (χ1v) is 20.2. The number of carbonyl (C=O) groups excluding carboxylic acids is 3. The number of aromatic hydroxyl groups is 1. The minimum absolute atomic E-state index is 0.0472. The molecule has 5 aromatic rings. The maximum atomic E-state index is 12.9. The highest BCUT2D eigenvalue weighted by molar-refractivity contribution is 5.91. The zero-order valence-corrected chi connectivity index (χ0v) is 33.7. The number of ether oxygens (including phenoxy) is 1. The number of aromatic amines is 1. The summed E-state index contributed by atoms with van der Waals surface area (Å²) in [6.07, 6.45) is 1.09. The van der Waals surface area contributed by atoms with Gasteiger partial charge in [-0.25, -0.2) is 4.79 Å². The fraction of sp³-hybridized carbons (Fsp3) is 0.348. The molecule has 1 aliphatic rings. The van der Waals surface area contributed by atoms with Crippen LogP contribution in [0.15, 0.2) is 108 Å². The van der Waals surface area contributed by atoms with E-state index in [-0.39, 0.29) is 53.8 Å². The van der Waals surface area contributed by atoms with Gasteiger partial charge in [0.1, 0.15) is 11.9 Å². The van der Waals surface area contributed by atoms with Crippen molar-refractivity contribution in [2.24, 2.45) is 0 Å². The molecule has 13 heteroatoms. The van der Waals surface area contributed by atoms with Gasteiger partial charge in [0.25, 0.3) is 0 Å². The lowest BCUT2D eigenvalue weighted by Crippen LogP contribution is -2.40. The summed E-state index contributed by atoms with van der Waals surface area (Å²) in [4.78, 5) is 56.7. The van der Waals surface area contributed by atoms with Crippen molar-refractivity contribution >= 4 is 34.5 Å². The molecule has 1 aromatic heterocycles. The van der Waals surface area contributed by atoms with E-state index < -0.39 is 12.2 Å². The maximum absolute atomic E-state index is 12.9. The lowest BCUT2D eigenvalue weighted by atomic mass is 10.0. The van der Waals surface area contributed by atoms with Crippen molar-refractivity contribution < 1.29 is 29.3 Å². The van der Waals surface area contributed by atoms with Crippen molar-refractivity contribution in [3.8, 4) is 16.9 Å². The number of hydrogen-bond acceptors (Lipinski definition) is 9. The molecule has 2 heterocycles. The quantitative estimate of drug-likeness (QED) is 0.0626. The Hall–Kier alpha value is -6.02. The van der Waals surface area contributed by atoms with E-state index in [0.29, 0.717) is 62.0 Å². The van der Waals surface area contributed by atoms with Crippen LogP contribution in [0.1, 0.15) is 61.4 Å². The number of aromatic nitrogens is 1. The number of benzene rings is 4. The van der Waals surface area contributed by atoms with Crippen LogP contribution >= 0.6 is 0 Å². The van der Waals surface area contributed by atoms with Gasteiger partial charge in [0.15, 0.2) is 0 Å². The van der Waals surface area contributed by atoms with Crippen molar-refractivity contribution in [2.75, 3.05) is 51.6 Å². The molecule has 1 fully saturated rings. The number of hydrogen-bond donors (Lipinski definition) is 6. The number of piperidine rings is 1. The van der Waals surface area contributed by atoms with E-state index >= 15 is 0 Å². The van der Waals surface area contributed by atoms with Crippen LogP contribution in [0.5, 0.6) is 5.75 Å². The summed E-state index contributed by atoms with van der Waals surface area (Å²) < 4.78 is 5.76. The number of carbonyl (C=O) groups is 3. The number of H-pyrrole nitrogens is 1. The number of amides is 3. The number of rotatable bonds is 17. The summed E-state index contributed by atoms with van der Waals surface area (Å²) in [7, 11) is 1.79. The van der Waals surface area contributed by atoms with Gasteiger partial charge < -0.3 is 40.4 Å². The van der Waals surface area contributed by atoms with Gasteiger partial charge in [0.2, 0.25) is 17.4 Å². The van der Waals surface area contributed by atoms with Crippen LogP contribution in [-0.2, 0) is 20.7 Å². The molecule has 2 atom stereocenters. The second-order valence-electron chi connectivity index (χ2n) is 15.1. The van der Waals surface area contributed by atoms with Gasteiger partial charge in [-0.15, -0.1) is 0 Å². The summed E-state index contributed by atoms with van der Waals surface area (Å²) >= 11 is 0. The minimum Gasteiger partial charge on any atom is -0.506 e. The van der Waals surface area contributed by atoms with Crippen LogP contribution in [0.25, 0.3) is 22.0 Å². The van der Waals surface area contributed by atoms with E-state index in [4.69, 9.17) is 4.74 Å². The van der Waals surface area contributed by atoms with Crippen LogP contribution in [-0.4, -0.2) is 95.3 Å². The molecule has 0 unspecified atom stereocenters. The maximum Gasteiger partial charge on any atom is 0.411 e. The van der Waals surface area contributed by atoms with E-state index in [1.54, 1.807) is 24.1 Å². The molecule has 0 aliphatic carbocycles. The van der Waals surface area contributed by atoms with Crippen molar-refractivity contribution in [2.45, 2.75) is 57.3 Å². The fourth-order valence-corrected chi connectivity index (χ4v) is 7.40. The smallest absolute Gasteiger partial charge is 0.411 e. The molecule has 0 spiro atoms.